The second-order valence-corrected chi connectivity index (χ2v) is 7.95. The summed E-state index contributed by atoms with van der Waals surface area (Å²) in [5, 5.41) is 4.38. The summed E-state index contributed by atoms with van der Waals surface area (Å²) in [6.07, 6.45) is 1.77. The van der Waals surface area contributed by atoms with Crippen LogP contribution in [0.3, 0.4) is 0 Å². The minimum absolute atomic E-state index is 0.0682. The van der Waals surface area contributed by atoms with Crippen molar-refractivity contribution in [3.63, 3.8) is 0 Å². The standard InChI is InChI=1S/C23H23FN6O2/c1-25-22(31)17-4-5-19(21(24)27-17)30-10-8-29(9-11-30)13-14-2-3-15-16-6-7-26-20(16)23(32)28-18(15)12-14/h2-7,12,26H,8-11,13H2,1H3,(H,25,31)(H,28,32). The number of rotatable bonds is 4. The average molecular weight is 434 g/mol. The fourth-order valence-corrected chi connectivity index (χ4v) is 4.32. The third-order valence-corrected chi connectivity index (χ3v) is 6.00. The molecule has 1 fully saturated rings. The Labute approximate surface area is 183 Å². The minimum Gasteiger partial charge on any atom is -0.365 e. The number of nitrogens with one attached hydrogen (secondary N) is 3. The lowest BCUT2D eigenvalue weighted by Gasteiger charge is -2.36. The number of benzene rings is 1. The van der Waals surface area contributed by atoms with E-state index in [1.54, 1.807) is 18.3 Å². The number of fused-ring (bicyclic) bond motifs is 3. The summed E-state index contributed by atoms with van der Waals surface area (Å²) in [6.45, 7) is 3.59. The fourth-order valence-electron chi connectivity index (χ4n) is 4.32. The van der Waals surface area contributed by atoms with Crippen LogP contribution in [0.4, 0.5) is 10.1 Å². The van der Waals surface area contributed by atoms with Gasteiger partial charge in [0.05, 0.1) is 5.69 Å². The Hall–Kier alpha value is -3.72. The van der Waals surface area contributed by atoms with Gasteiger partial charge in [-0.3, -0.25) is 14.5 Å². The van der Waals surface area contributed by atoms with E-state index in [9.17, 15) is 14.0 Å². The zero-order chi connectivity index (χ0) is 22.2. The zero-order valence-electron chi connectivity index (χ0n) is 17.6. The van der Waals surface area contributed by atoms with Gasteiger partial charge in [0, 0.05) is 62.3 Å². The Morgan fingerprint density at radius 2 is 1.94 bits per heavy atom. The molecule has 1 aliphatic rings. The van der Waals surface area contributed by atoms with Gasteiger partial charge in [0.2, 0.25) is 5.95 Å². The number of hydrogen-bond acceptors (Lipinski definition) is 5. The summed E-state index contributed by atoms with van der Waals surface area (Å²) in [4.78, 5) is 37.9. The molecule has 0 radical (unpaired) electrons. The topological polar surface area (TPSA) is 97.1 Å². The first-order valence-corrected chi connectivity index (χ1v) is 10.5. The quantitative estimate of drug-likeness (QED) is 0.428. The Morgan fingerprint density at radius 3 is 2.69 bits per heavy atom. The van der Waals surface area contributed by atoms with Gasteiger partial charge in [-0.2, -0.15) is 4.39 Å². The molecule has 0 spiro atoms. The highest BCUT2D eigenvalue weighted by atomic mass is 19.1. The molecule has 1 saturated heterocycles. The smallest absolute Gasteiger partial charge is 0.272 e. The van der Waals surface area contributed by atoms with E-state index >= 15 is 0 Å². The summed E-state index contributed by atoms with van der Waals surface area (Å²) in [6, 6.07) is 11.2. The largest absolute Gasteiger partial charge is 0.365 e. The summed E-state index contributed by atoms with van der Waals surface area (Å²) in [5.41, 5.74) is 2.88. The molecule has 1 aliphatic heterocycles. The highest BCUT2D eigenvalue weighted by Gasteiger charge is 2.21. The number of aromatic nitrogens is 3. The molecule has 0 atom stereocenters. The lowest BCUT2D eigenvalue weighted by atomic mass is 10.1. The van der Waals surface area contributed by atoms with Crippen LogP contribution < -0.4 is 15.8 Å². The summed E-state index contributed by atoms with van der Waals surface area (Å²) >= 11 is 0. The van der Waals surface area contributed by atoms with Crippen LogP contribution in [0.25, 0.3) is 21.8 Å². The molecule has 0 aliphatic carbocycles. The van der Waals surface area contributed by atoms with Gasteiger partial charge in [-0.25, -0.2) is 4.98 Å². The van der Waals surface area contributed by atoms with Crippen LogP contribution in [-0.2, 0) is 6.54 Å². The van der Waals surface area contributed by atoms with Gasteiger partial charge in [-0.1, -0.05) is 12.1 Å². The molecule has 4 aromatic rings. The van der Waals surface area contributed by atoms with Crippen molar-refractivity contribution in [3.05, 3.63) is 70.2 Å². The van der Waals surface area contributed by atoms with E-state index in [1.165, 1.54) is 7.05 Å². The van der Waals surface area contributed by atoms with E-state index in [-0.39, 0.29) is 11.3 Å². The Kier molecular flexibility index (Phi) is 5.10. The normalized spacial score (nSPS) is 14.9. The maximum atomic E-state index is 14.5. The lowest BCUT2D eigenvalue weighted by molar-refractivity contribution is 0.0957. The molecule has 1 aromatic carbocycles. The average Bonchev–Trinajstić information content (AvgIpc) is 3.30. The summed E-state index contributed by atoms with van der Waals surface area (Å²) in [7, 11) is 1.49. The maximum Gasteiger partial charge on any atom is 0.272 e. The molecule has 0 bridgehead atoms. The summed E-state index contributed by atoms with van der Waals surface area (Å²) < 4.78 is 14.5. The first-order valence-electron chi connectivity index (χ1n) is 10.5. The summed E-state index contributed by atoms with van der Waals surface area (Å²) in [5.74, 6) is -1.04. The molecule has 0 saturated carbocycles. The van der Waals surface area contributed by atoms with Gasteiger partial charge in [0.1, 0.15) is 11.2 Å². The van der Waals surface area contributed by atoms with E-state index < -0.39 is 11.9 Å². The fraction of sp³-hybridized carbons (Fsp3) is 0.261. The number of amides is 1. The van der Waals surface area contributed by atoms with E-state index in [0.717, 1.165) is 41.5 Å². The molecule has 9 heteroatoms. The third kappa shape index (κ3) is 3.60. The molecule has 3 N–H and O–H groups in total. The first kappa shape index (κ1) is 20.2. The molecule has 5 rings (SSSR count). The molecular formula is C23H23FN6O2. The SMILES string of the molecule is CNC(=O)c1ccc(N2CCN(Cc3ccc4c(c3)[nH]c(=O)c3[nH]ccc34)CC2)c(F)n1. The van der Waals surface area contributed by atoms with Crippen molar-refractivity contribution < 1.29 is 9.18 Å². The molecule has 0 unspecified atom stereocenters. The number of nitrogens with zero attached hydrogens (tertiary/aromatic N) is 3. The Bertz CT molecular complexity index is 1370. The first-order chi connectivity index (χ1) is 15.5. The van der Waals surface area contributed by atoms with Crippen molar-refractivity contribution in [1.82, 2.24) is 25.2 Å². The maximum absolute atomic E-state index is 14.5. The van der Waals surface area contributed by atoms with Gasteiger partial charge in [0.25, 0.3) is 11.5 Å². The number of aromatic amines is 2. The van der Waals surface area contributed by atoms with Crippen LogP contribution in [0.1, 0.15) is 16.1 Å². The van der Waals surface area contributed by atoms with Crippen molar-refractivity contribution >= 4 is 33.4 Å². The van der Waals surface area contributed by atoms with Gasteiger partial charge < -0.3 is 20.2 Å². The highest BCUT2D eigenvalue weighted by molar-refractivity contribution is 6.04. The monoisotopic (exact) mass is 434 g/mol. The number of halogens is 1. The van der Waals surface area contributed by atoms with E-state index in [2.05, 4.69) is 31.2 Å². The number of piperazine rings is 1. The van der Waals surface area contributed by atoms with Crippen LogP contribution in [0.15, 0.2) is 47.4 Å². The number of carbonyl (C=O) groups excluding carboxylic acids is 1. The number of pyridine rings is 2. The predicted molar refractivity (Wildman–Crippen MR) is 122 cm³/mol. The van der Waals surface area contributed by atoms with Gasteiger partial charge >= 0.3 is 0 Å². The van der Waals surface area contributed by atoms with Crippen molar-refractivity contribution in [2.45, 2.75) is 6.54 Å². The minimum atomic E-state index is -0.630. The van der Waals surface area contributed by atoms with E-state index in [0.29, 0.717) is 24.3 Å². The number of carbonyl (C=O) groups is 1. The number of hydrogen-bond donors (Lipinski definition) is 3. The van der Waals surface area contributed by atoms with Crippen molar-refractivity contribution in [1.29, 1.82) is 0 Å². The molecule has 32 heavy (non-hydrogen) atoms. The second-order valence-electron chi connectivity index (χ2n) is 7.95. The molecule has 8 nitrogen and oxygen atoms in total. The van der Waals surface area contributed by atoms with Crippen molar-refractivity contribution in [2.24, 2.45) is 0 Å². The van der Waals surface area contributed by atoms with Crippen molar-refractivity contribution in [3.8, 4) is 0 Å². The molecule has 164 valence electrons. The van der Waals surface area contributed by atoms with Crippen LogP contribution >= 0.6 is 0 Å². The molecule has 1 amide bonds. The predicted octanol–water partition coefficient (Wildman–Crippen LogP) is 2.23. The van der Waals surface area contributed by atoms with Crippen LogP contribution in [-0.4, -0.2) is 59.0 Å². The highest BCUT2D eigenvalue weighted by Crippen LogP contribution is 2.23. The lowest BCUT2D eigenvalue weighted by Crippen LogP contribution is -2.46. The number of H-pyrrole nitrogens is 2. The van der Waals surface area contributed by atoms with Crippen molar-refractivity contribution in [2.75, 3.05) is 38.1 Å². The second kappa shape index (κ2) is 8.08. The molecule has 4 heterocycles. The van der Waals surface area contributed by atoms with Crippen LogP contribution in [0, 0.1) is 5.95 Å². The van der Waals surface area contributed by atoms with Gasteiger partial charge in [-0.15, -0.1) is 0 Å². The Morgan fingerprint density at radius 1 is 1.12 bits per heavy atom. The van der Waals surface area contributed by atoms with Crippen LogP contribution in [0.2, 0.25) is 0 Å². The van der Waals surface area contributed by atoms with E-state index in [4.69, 9.17) is 0 Å². The molecule has 3 aromatic heterocycles. The van der Waals surface area contributed by atoms with E-state index in [1.807, 2.05) is 23.1 Å². The van der Waals surface area contributed by atoms with Gasteiger partial charge in [-0.05, 0) is 29.8 Å². The number of anilines is 1. The zero-order valence-corrected chi connectivity index (χ0v) is 17.6. The Balaban J connectivity index is 1.28. The molecular weight excluding hydrogens is 411 g/mol. The van der Waals surface area contributed by atoms with Crippen LogP contribution in [0.5, 0.6) is 0 Å². The third-order valence-electron chi connectivity index (χ3n) is 6.00. The van der Waals surface area contributed by atoms with Gasteiger partial charge in [0.15, 0.2) is 0 Å².